The molecule has 0 aliphatic heterocycles. The smallest absolute Gasteiger partial charge is 0.341 e. The van der Waals surface area contributed by atoms with Crippen LogP contribution in [0.2, 0.25) is 0 Å². The Kier molecular flexibility index (Phi) is 6.28. The molecule has 2 aromatic rings. The van der Waals surface area contributed by atoms with E-state index in [1.165, 1.54) is 18.4 Å². The number of carbonyl (C=O) groups is 2. The summed E-state index contributed by atoms with van der Waals surface area (Å²) in [5, 5.41) is 3.17. The van der Waals surface area contributed by atoms with Crippen LogP contribution in [0.1, 0.15) is 39.2 Å². The van der Waals surface area contributed by atoms with Crippen molar-refractivity contribution >= 4 is 43.9 Å². The first kappa shape index (κ1) is 21.3. The molecule has 1 aliphatic carbocycles. The highest BCUT2D eigenvalue weighted by Gasteiger charge is 2.28. The molecule has 0 atom stereocenters. The lowest BCUT2D eigenvalue weighted by atomic mass is 9.95. The van der Waals surface area contributed by atoms with E-state index in [-0.39, 0.29) is 6.54 Å². The van der Waals surface area contributed by atoms with Crippen molar-refractivity contribution in [2.24, 2.45) is 0 Å². The summed E-state index contributed by atoms with van der Waals surface area (Å²) in [5.74, 6) is -1.00. The molecule has 1 aliphatic rings. The molecule has 7 nitrogen and oxygen atoms in total. The Labute approximate surface area is 174 Å². The molecule has 0 radical (unpaired) electrons. The molecule has 0 unspecified atom stereocenters. The Morgan fingerprint density at radius 3 is 2.62 bits per heavy atom. The predicted octanol–water partition coefficient (Wildman–Crippen LogP) is 3.13. The quantitative estimate of drug-likeness (QED) is 0.703. The Morgan fingerprint density at radius 2 is 1.97 bits per heavy atom. The van der Waals surface area contributed by atoms with Gasteiger partial charge >= 0.3 is 5.97 Å². The standard InChI is InChI=1S/C20H24N2O5S2/c1-13-7-6-8-14(11-13)22(29(3,25)26)12-17(23)21-19-18(20(24)27-2)15-9-4-5-10-16(15)28-19/h6-8,11H,4-5,9-10,12H2,1-3H3,(H,21,23). The summed E-state index contributed by atoms with van der Waals surface area (Å²) >= 11 is 1.37. The Hall–Kier alpha value is -2.39. The largest absolute Gasteiger partial charge is 0.465 e. The lowest BCUT2D eigenvalue weighted by Gasteiger charge is -2.22. The fourth-order valence-electron chi connectivity index (χ4n) is 3.45. The molecule has 0 saturated carbocycles. The fourth-order valence-corrected chi connectivity index (χ4v) is 5.59. The van der Waals surface area contributed by atoms with E-state index in [9.17, 15) is 18.0 Å². The first-order valence-corrected chi connectivity index (χ1v) is 11.9. The highest BCUT2D eigenvalue weighted by Crippen LogP contribution is 2.38. The van der Waals surface area contributed by atoms with Gasteiger partial charge in [-0.15, -0.1) is 11.3 Å². The number of benzene rings is 1. The number of fused-ring (bicyclic) bond motifs is 1. The summed E-state index contributed by atoms with van der Waals surface area (Å²) in [5.41, 5.74) is 2.63. The number of nitrogens with one attached hydrogen (secondary N) is 1. The summed E-state index contributed by atoms with van der Waals surface area (Å²) in [7, 11) is -2.36. The third-order valence-corrected chi connectivity index (χ3v) is 7.14. The molecule has 156 valence electrons. The number of esters is 1. The van der Waals surface area contributed by atoms with Gasteiger partial charge in [0, 0.05) is 4.88 Å². The minimum Gasteiger partial charge on any atom is -0.465 e. The first-order chi connectivity index (χ1) is 13.7. The number of ether oxygens (including phenoxy) is 1. The molecule has 1 amide bonds. The number of anilines is 2. The molecular weight excluding hydrogens is 412 g/mol. The Balaban J connectivity index is 1.88. The summed E-state index contributed by atoms with van der Waals surface area (Å²) < 4.78 is 30.5. The number of thiophene rings is 1. The lowest BCUT2D eigenvalue weighted by molar-refractivity contribution is -0.114. The van der Waals surface area contributed by atoms with E-state index in [4.69, 9.17) is 4.74 Å². The molecule has 1 heterocycles. The van der Waals surface area contributed by atoms with E-state index in [0.29, 0.717) is 16.3 Å². The number of nitrogens with zero attached hydrogens (tertiary/aromatic N) is 1. The zero-order valence-corrected chi connectivity index (χ0v) is 18.3. The SMILES string of the molecule is COC(=O)c1c(NC(=O)CN(c2cccc(C)c2)S(C)(=O)=O)sc2c1CCCC2. The maximum Gasteiger partial charge on any atom is 0.341 e. The zero-order chi connectivity index (χ0) is 21.2. The van der Waals surface area contributed by atoms with E-state index in [1.54, 1.807) is 18.2 Å². The summed E-state index contributed by atoms with van der Waals surface area (Å²) in [4.78, 5) is 26.1. The maximum atomic E-state index is 12.7. The van der Waals surface area contributed by atoms with Crippen LogP contribution in [0.15, 0.2) is 24.3 Å². The van der Waals surface area contributed by atoms with Gasteiger partial charge in [0.15, 0.2) is 0 Å². The van der Waals surface area contributed by atoms with Crippen molar-refractivity contribution in [1.29, 1.82) is 0 Å². The molecule has 3 rings (SSSR count). The summed E-state index contributed by atoms with van der Waals surface area (Å²) in [6.07, 6.45) is 4.71. The van der Waals surface area contributed by atoms with Gasteiger partial charge in [0.2, 0.25) is 15.9 Å². The van der Waals surface area contributed by atoms with Crippen LogP contribution < -0.4 is 9.62 Å². The van der Waals surface area contributed by atoms with Gasteiger partial charge in [-0.25, -0.2) is 13.2 Å². The third-order valence-electron chi connectivity index (χ3n) is 4.79. The van der Waals surface area contributed by atoms with E-state index < -0.39 is 21.9 Å². The van der Waals surface area contributed by atoms with Crippen LogP contribution in [0, 0.1) is 6.92 Å². The van der Waals surface area contributed by atoms with Crippen LogP contribution in [0.5, 0.6) is 0 Å². The molecule has 0 saturated heterocycles. The van der Waals surface area contributed by atoms with Crippen LogP contribution in [-0.4, -0.2) is 40.2 Å². The minimum absolute atomic E-state index is 0.383. The second kappa shape index (κ2) is 8.54. The second-order valence-electron chi connectivity index (χ2n) is 7.06. The predicted molar refractivity (Wildman–Crippen MR) is 114 cm³/mol. The van der Waals surface area contributed by atoms with Gasteiger partial charge in [-0.3, -0.25) is 9.10 Å². The fraction of sp³-hybridized carbons (Fsp3) is 0.400. The summed E-state index contributed by atoms with van der Waals surface area (Å²) in [6, 6.07) is 6.94. The third kappa shape index (κ3) is 4.79. The molecule has 1 aromatic carbocycles. The molecule has 0 spiro atoms. The van der Waals surface area contributed by atoms with Crippen LogP contribution in [-0.2, 0) is 32.4 Å². The van der Waals surface area contributed by atoms with Crippen LogP contribution >= 0.6 is 11.3 Å². The lowest BCUT2D eigenvalue weighted by Crippen LogP contribution is -2.37. The van der Waals surface area contributed by atoms with Gasteiger partial charge in [-0.1, -0.05) is 12.1 Å². The number of sulfonamides is 1. The molecule has 0 bridgehead atoms. The van der Waals surface area contributed by atoms with Crippen molar-refractivity contribution < 1.29 is 22.7 Å². The number of hydrogen-bond acceptors (Lipinski definition) is 6. The molecule has 1 aromatic heterocycles. The minimum atomic E-state index is -3.67. The number of carbonyl (C=O) groups excluding carboxylic acids is 2. The normalized spacial score (nSPS) is 13.5. The molecule has 9 heteroatoms. The average molecular weight is 437 g/mol. The van der Waals surface area contributed by atoms with E-state index >= 15 is 0 Å². The number of aryl methyl sites for hydroxylation is 2. The van der Waals surface area contributed by atoms with Gasteiger partial charge in [0.1, 0.15) is 11.5 Å². The van der Waals surface area contributed by atoms with E-state index in [0.717, 1.165) is 52.2 Å². The van der Waals surface area contributed by atoms with Crippen molar-refractivity contribution in [3.05, 3.63) is 45.8 Å². The number of amides is 1. The number of rotatable bonds is 6. The second-order valence-corrected chi connectivity index (χ2v) is 10.1. The van der Waals surface area contributed by atoms with Gasteiger partial charge in [0.05, 0.1) is 24.6 Å². The Bertz CT molecular complexity index is 1040. The van der Waals surface area contributed by atoms with Gasteiger partial charge in [-0.05, 0) is 55.9 Å². The Morgan fingerprint density at radius 1 is 1.24 bits per heavy atom. The number of hydrogen-bond donors (Lipinski definition) is 1. The van der Waals surface area contributed by atoms with Gasteiger partial charge in [0.25, 0.3) is 0 Å². The average Bonchev–Trinajstić information content (AvgIpc) is 3.02. The first-order valence-electron chi connectivity index (χ1n) is 9.27. The van der Waals surface area contributed by atoms with Gasteiger partial charge < -0.3 is 10.1 Å². The van der Waals surface area contributed by atoms with E-state index in [1.807, 2.05) is 13.0 Å². The monoisotopic (exact) mass is 436 g/mol. The van der Waals surface area contributed by atoms with Crippen molar-refractivity contribution in [1.82, 2.24) is 0 Å². The number of methoxy groups -OCH3 is 1. The van der Waals surface area contributed by atoms with Crippen molar-refractivity contribution in [2.75, 3.05) is 29.5 Å². The molecular formula is C20H24N2O5S2. The summed E-state index contributed by atoms with van der Waals surface area (Å²) in [6.45, 7) is 1.47. The maximum absolute atomic E-state index is 12.7. The highest BCUT2D eigenvalue weighted by molar-refractivity contribution is 7.92. The van der Waals surface area contributed by atoms with Gasteiger partial charge in [-0.2, -0.15) is 0 Å². The molecule has 1 N–H and O–H groups in total. The van der Waals surface area contributed by atoms with E-state index in [2.05, 4.69) is 5.32 Å². The zero-order valence-electron chi connectivity index (χ0n) is 16.6. The topological polar surface area (TPSA) is 92.8 Å². The van der Waals surface area contributed by atoms with Crippen LogP contribution in [0.3, 0.4) is 0 Å². The molecule has 29 heavy (non-hydrogen) atoms. The van der Waals surface area contributed by atoms with Crippen LogP contribution in [0.25, 0.3) is 0 Å². The van der Waals surface area contributed by atoms with Crippen LogP contribution in [0.4, 0.5) is 10.7 Å². The molecule has 0 fully saturated rings. The highest BCUT2D eigenvalue weighted by atomic mass is 32.2. The van der Waals surface area contributed by atoms with Crippen molar-refractivity contribution in [2.45, 2.75) is 32.6 Å². The van der Waals surface area contributed by atoms with Crippen molar-refractivity contribution in [3.63, 3.8) is 0 Å². The van der Waals surface area contributed by atoms with Crippen molar-refractivity contribution in [3.8, 4) is 0 Å².